The van der Waals surface area contributed by atoms with Crippen molar-refractivity contribution < 1.29 is 4.39 Å². The van der Waals surface area contributed by atoms with Gasteiger partial charge in [0.1, 0.15) is 11.6 Å². The number of aromatic nitrogens is 2. The predicted octanol–water partition coefficient (Wildman–Crippen LogP) is 3.01. The van der Waals surface area contributed by atoms with Crippen LogP contribution in [0.15, 0.2) is 30.5 Å². The summed E-state index contributed by atoms with van der Waals surface area (Å²) >= 11 is 0. The quantitative estimate of drug-likeness (QED) is 0.850. The molecule has 2 rings (SSSR count). The molecule has 0 amide bonds. The number of nitrogens with one attached hydrogen (secondary N) is 2. The molecule has 0 aliphatic heterocycles. The second-order valence-electron chi connectivity index (χ2n) is 4.52. The van der Waals surface area contributed by atoms with Gasteiger partial charge in [-0.05, 0) is 31.9 Å². The van der Waals surface area contributed by atoms with Crippen LogP contribution in [0.25, 0.3) is 0 Å². The van der Waals surface area contributed by atoms with Crippen LogP contribution in [0.5, 0.6) is 0 Å². The molecule has 0 saturated carbocycles. The zero-order valence-corrected chi connectivity index (χ0v) is 11.8. The van der Waals surface area contributed by atoms with Crippen molar-refractivity contribution in [2.24, 2.45) is 0 Å². The molecule has 2 aromatic rings. The standard InChI is InChI=1S/C15H19FN4/c1-3-17-15-19-10-11(2)14(20-15)18-9-8-12-6-4-5-7-13(12)16/h4-7,10H,3,8-9H2,1-2H3,(H2,17,18,19,20). The molecule has 0 fully saturated rings. The summed E-state index contributed by atoms with van der Waals surface area (Å²) in [7, 11) is 0. The van der Waals surface area contributed by atoms with Crippen molar-refractivity contribution in [3.8, 4) is 0 Å². The molecule has 5 heteroatoms. The molecule has 0 radical (unpaired) electrons. The molecule has 4 nitrogen and oxygen atoms in total. The van der Waals surface area contributed by atoms with E-state index in [1.807, 2.05) is 19.9 Å². The Kier molecular flexibility index (Phi) is 4.87. The van der Waals surface area contributed by atoms with Gasteiger partial charge in [-0.2, -0.15) is 4.98 Å². The average Bonchev–Trinajstić information content (AvgIpc) is 2.44. The number of aryl methyl sites for hydroxylation is 1. The molecule has 106 valence electrons. The Labute approximate surface area is 118 Å². The molecule has 1 aromatic carbocycles. The van der Waals surface area contributed by atoms with Crippen LogP contribution in [0.2, 0.25) is 0 Å². The molecule has 1 heterocycles. The van der Waals surface area contributed by atoms with Crippen molar-refractivity contribution >= 4 is 11.8 Å². The van der Waals surface area contributed by atoms with Gasteiger partial charge in [0.15, 0.2) is 0 Å². The maximum Gasteiger partial charge on any atom is 0.224 e. The van der Waals surface area contributed by atoms with E-state index in [2.05, 4.69) is 20.6 Å². The van der Waals surface area contributed by atoms with Gasteiger partial charge in [-0.1, -0.05) is 18.2 Å². The third-order valence-corrected chi connectivity index (χ3v) is 2.95. The first-order chi connectivity index (χ1) is 9.70. The highest BCUT2D eigenvalue weighted by Gasteiger charge is 2.04. The normalized spacial score (nSPS) is 10.3. The second-order valence-corrected chi connectivity index (χ2v) is 4.52. The minimum Gasteiger partial charge on any atom is -0.369 e. The zero-order valence-electron chi connectivity index (χ0n) is 11.8. The van der Waals surface area contributed by atoms with Gasteiger partial charge >= 0.3 is 0 Å². The van der Waals surface area contributed by atoms with Crippen molar-refractivity contribution in [3.63, 3.8) is 0 Å². The van der Waals surface area contributed by atoms with Crippen molar-refractivity contribution in [1.82, 2.24) is 9.97 Å². The molecular weight excluding hydrogens is 255 g/mol. The second kappa shape index (κ2) is 6.84. The van der Waals surface area contributed by atoms with E-state index in [1.54, 1.807) is 18.3 Å². The minimum atomic E-state index is -0.165. The molecule has 0 atom stereocenters. The van der Waals surface area contributed by atoms with Gasteiger partial charge < -0.3 is 10.6 Å². The molecule has 0 saturated heterocycles. The van der Waals surface area contributed by atoms with Gasteiger partial charge in [-0.25, -0.2) is 9.37 Å². The van der Waals surface area contributed by atoms with Crippen molar-refractivity contribution in [2.45, 2.75) is 20.3 Å². The maximum absolute atomic E-state index is 13.5. The molecule has 20 heavy (non-hydrogen) atoms. The van der Waals surface area contributed by atoms with Crippen molar-refractivity contribution in [1.29, 1.82) is 0 Å². The highest BCUT2D eigenvalue weighted by Crippen LogP contribution is 2.13. The lowest BCUT2D eigenvalue weighted by Crippen LogP contribution is -2.11. The Morgan fingerprint density at radius 3 is 2.75 bits per heavy atom. The van der Waals surface area contributed by atoms with Crippen LogP contribution in [-0.2, 0) is 6.42 Å². The predicted molar refractivity (Wildman–Crippen MR) is 79.5 cm³/mol. The topological polar surface area (TPSA) is 49.8 Å². The number of nitrogens with zero attached hydrogens (tertiary/aromatic N) is 2. The number of hydrogen-bond acceptors (Lipinski definition) is 4. The van der Waals surface area contributed by atoms with Crippen LogP contribution in [0, 0.1) is 12.7 Å². The van der Waals surface area contributed by atoms with Crippen LogP contribution in [-0.4, -0.2) is 23.1 Å². The van der Waals surface area contributed by atoms with E-state index in [9.17, 15) is 4.39 Å². The Morgan fingerprint density at radius 1 is 1.20 bits per heavy atom. The van der Waals surface area contributed by atoms with Gasteiger partial charge in [-0.3, -0.25) is 0 Å². The highest BCUT2D eigenvalue weighted by molar-refractivity contribution is 5.46. The third kappa shape index (κ3) is 3.66. The summed E-state index contributed by atoms with van der Waals surface area (Å²) in [4.78, 5) is 8.58. The van der Waals surface area contributed by atoms with E-state index in [-0.39, 0.29) is 5.82 Å². The SMILES string of the molecule is CCNc1ncc(C)c(NCCc2ccccc2F)n1. The van der Waals surface area contributed by atoms with Crippen molar-refractivity contribution in [3.05, 3.63) is 47.4 Å². The van der Waals surface area contributed by atoms with Gasteiger partial charge in [0, 0.05) is 24.8 Å². The third-order valence-electron chi connectivity index (χ3n) is 2.95. The number of hydrogen-bond donors (Lipinski definition) is 2. The first kappa shape index (κ1) is 14.2. The monoisotopic (exact) mass is 274 g/mol. The highest BCUT2D eigenvalue weighted by atomic mass is 19.1. The van der Waals surface area contributed by atoms with E-state index >= 15 is 0 Å². The van der Waals surface area contributed by atoms with Crippen molar-refractivity contribution in [2.75, 3.05) is 23.7 Å². The Bertz CT molecular complexity index is 572. The molecule has 0 spiro atoms. The van der Waals surface area contributed by atoms with Gasteiger partial charge in [0.25, 0.3) is 0 Å². The van der Waals surface area contributed by atoms with Gasteiger partial charge in [0.05, 0.1) is 0 Å². The molecule has 2 N–H and O–H groups in total. The molecule has 0 unspecified atom stereocenters. The molecule has 0 aliphatic rings. The summed E-state index contributed by atoms with van der Waals surface area (Å²) in [6.45, 7) is 5.34. The Balaban J connectivity index is 1.97. The fourth-order valence-electron chi connectivity index (χ4n) is 1.88. The fraction of sp³-hybridized carbons (Fsp3) is 0.333. The van der Waals surface area contributed by atoms with Crippen LogP contribution in [0.1, 0.15) is 18.1 Å². The largest absolute Gasteiger partial charge is 0.369 e. The summed E-state index contributed by atoms with van der Waals surface area (Å²) < 4.78 is 13.5. The van der Waals surface area contributed by atoms with Crippen LogP contribution < -0.4 is 10.6 Å². The van der Waals surface area contributed by atoms with Crippen LogP contribution in [0.4, 0.5) is 16.2 Å². The van der Waals surface area contributed by atoms with E-state index in [0.717, 1.165) is 17.9 Å². The number of halogens is 1. The first-order valence-corrected chi connectivity index (χ1v) is 6.75. The zero-order chi connectivity index (χ0) is 14.4. The molecular formula is C15H19FN4. The number of anilines is 2. The lowest BCUT2D eigenvalue weighted by Gasteiger charge is -2.10. The molecule has 0 bridgehead atoms. The summed E-state index contributed by atoms with van der Waals surface area (Å²) in [5, 5.41) is 6.30. The fourth-order valence-corrected chi connectivity index (χ4v) is 1.88. The lowest BCUT2D eigenvalue weighted by molar-refractivity contribution is 0.610. The smallest absolute Gasteiger partial charge is 0.224 e. The Hall–Kier alpha value is -2.17. The summed E-state index contributed by atoms with van der Waals surface area (Å²) in [6.07, 6.45) is 2.39. The van der Waals surface area contributed by atoms with Crippen LogP contribution >= 0.6 is 0 Å². The average molecular weight is 274 g/mol. The van der Waals surface area contributed by atoms with E-state index in [0.29, 0.717) is 24.5 Å². The molecule has 1 aromatic heterocycles. The van der Waals surface area contributed by atoms with E-state index < -0.39 is 0 Å². The van der Waals surface area contributed by atoms with Gasteiger partial charge in [-0.15, -0.1) is 0 Å². The minimum absolute atomic E-state index is 0.165. The summed E-state index contributed by atoms with van der Waals surface area (Å²) in [5.74, 6) is 1.22. The van der Waals surface area contributed by atoms with E-state index in [1.165, 1.54) is 6.07 Å². The number of benzene rings is 1. The van der Waals surface area contributed by atoms with E-state index in [4.69, 9.17) is 0 Å². The van der Waals surface area contributed by atoms with Gasteiger partial charge in [0.2, 0.25) is 5.95 Å². The summed E-state index contributed by atoms with van der Waals surface area (Å²) in [6, 6.07) is 6.82. The summed E-state index contributed by atoms with van der Waals surface area (Å²) in [5.41, 5.74) is 1.68. The molecule has 0 aliphatic carbocycles. The first-order valence-electron chi connectivity index (χ1n) is 6.75. The number of rotatable bonds is 6. The Morgan fingerprint density at radius 2 is 2.00 bits per heavy atom. The van der Waals surface area contributed by atoms with Crippen LogP contribution in [0.3, 0.4) is 0 Å². The maximum atomic E-state index is 13.5. The lowest BCUT2D eigenvalue weighted by atomic mass is 10.1.